The number of allylic oxidation sites excluding steroid dienone is 1. The van der Waals surface area contributed by atoms with Crippen LogP contribution in [0.2, 0.25) is 0 Å². The van der Waals surface area contributed by atoms with Crippen LogP contribution in [0.25, 0.3) is 22.3 Å². The average molecular weight is 396 g/mol. The summed E-state index contributed by atoms with van der Waals surface area (Å²) in [5.74, 6) is 1.21. The van der Waals surface area contributed by atoms with E-state index in [1.165, 1.54) is 20.3 Å². The largest absolute Gasteiger partial charge is 0.507 e. The number of aromatic hydroxyl groups is 1. The third-order valence-electron chi connectivity index (χ3n) is 4.74. The quantitative estimate of drug-likeness (QED) is 0.583. The molecule has 0 spiro atoms. The molecule has 0 bridgehead atoms. The molecule has 0 aliphatic carbocycles. The molecule has 0 saturated heterocycles. The molecular formula is C23H24O6. The maximum Gasteiger partial charge on any atom is 0.239 e. The van der Waals surface area contributed by atoms with Crippen molar-refractivity contribution in [2.24, 2.45) is 0 Å². The summed E-state index contributed by atoms with van der Waals surface area (Å²) in [4.78, 5) is 13.2. The molecule has 2 aromatic carbocycles. The van der Waals surface area contributed by atoms with Gasteiger partial charge in [0.25, 0.3) is 0 Å². The summed E-state index contributed by atoms with van der Waals surface area (Å²) < 4.78 is 22.2. The van der Waals surface area contributed by atoms with E-state index in [1.807, 2.05) is 6.92 Å². The van der Waals surface area contributed by atoms with Crippen LogP contribution < -0.4 is 19.6 Å². The molecule has 0 saturated carbocycles. The monoisotopic (exact) mass is 396 g/mol. The summed E-state index contributed by atoms with van der Waals surface area (Å²) in [6.45, 7) is 5.86. The Morgan fingerprint density at radius 3 is 2.34 bits per heavy atom. The van der Waals surface area contributed by atoms with E-state index >= 15 is 0 Å². The maximum atomic E-state index is 13.2. The summed E-state index contributed by atoms with van der Waals surface area (Å²) >= 11 is 0. The lowest BCUT2D eigenvalue weighted by Crippen LogP contribution is -2.09. The molecule has 0 aliphatic heterocycles. The zero-order valence-electron chi connectivity index (χ0n) is 17.0. The molecule has 29 heavy (non-hydrogen) atoms. The molecule has 1 aromatic heterocycles. The zero-order valence-corrected chi connectivity index (χ0v) is 17.0. The first-order valence-corrected chi connectivity index (χ1v) is 9.13. The van der Waals surface area contributed by atoms with Gasteiger partial charge in [0.1, 0.15) is 28.2 Å². The normalized spacial score (nSPS) is 10.8. The highest BCUT2D eigenvalue weighted by molar-refractivity contribution is 5.91. The first kappa shape index (κ1) is 20.3. The predicted molar refractivity (Wildman–Crippen MR) is 112 cm³/mol. The fourth-order valence-corrected chi connectivity index (χ4v) is 3.23. The van der Waals surface area contributed by atoms with Crippen LogP contribution in [-0.2, 0) is 6.42 Å². The van der Waals surface area contributed by atoms with Gasteiger partial charge in [-0.05, 0) is 44.0 Å². The Morgan fingerprint density at radius 2 is 1.79 bits per heavy atom. The Kier molecular flexibility index (Phi) is 5.82. The number of fused-ring (bicyclic) bond motifs is 1. The molecular weight excluding hydrogens is 372 g/mol. The minimum absolute atomic E-state index is 0.0222. The summed E-state index contributed by atoms with van der Waals surface area (Å²) in [6.07, 6.45) is 1.23. The van der Waals surface area contributed by atoms with Crippen LogP contribution in [0, 0.1) is 0 Å². The molecule has 0 amide bonds. The summed E-state index contributed by atoms with van der Waals surface area (Å²) in [5, 5.41) is 10.6. The Labute approximate surface area is 169 Å². The Hall–Kier alpha value is -3.41. The standard InChI is InChI=1S/C23H24O6/c1-13(2)6-11-16-18(27-4)12-17(24)19-20(25)23(28-5)21(29-22(16)19)14-7-9-15(26-3)10-8-14/h7-10,12,24H,1,6,11H2,2-5H3. The van der Waals surface area contributed by atoms with Gasteiger partial charge in [0, 0.05) is 17.2 Å². The number of benzene rings is 2. The van der Waals surface area contributed by atoms with Crippen molar-refractivity contribution in [3.8, 4) is 34.3 Å². The van der Waals surface area contributed by atoms with Crippen molar-refractivity contribution in [2.75, 3.05) is 21.3 Å². The van der Waals surface area contributed by atoms with Gasteiger partial charge in [-0.2, -0.15) is 0 Å². The van der Waals surface area contributed by atoms with Crippen molar-refractivity contribution in [2.45, 2.75) is 19.8 Å². The summed E-state index contributed by atoms with van der Waals surface area (Å²) in [6, 6.07) is 8.52. The highest BCUT2D eigenvalue weighted by Crippen LogP contribution is 2.39. The van der Waals surface area contributed by atoms with Gasteiger partial charge in [-0.3, -0.25) is 4.79 Å². The smallest absolute Gasteiger partial charge is 0.239 e. The molecule has 0 unspecified atom stereocenters. The van der Waals surface area contributed by atoms with Crippen molar-refractivity contribution in [1.29, 1.82) is 0 Å². The lowest BCUT2D eigenvalue weighted by Gasteiger charge is -2.15. The van der Waals surface area contributed by atoms with Crippen molar-refractivity contribution in [3.63, 3.8) is 0 Å². The zero-order chi connectivity index (χ0) is 21.1. The number of rotatable bonds is 7. The fourth-order valence-electron chi connectivity index (χ4n) is 3.23. The number of phenols is 1. The minimum Gasteiger partial charge on any atom is -0.507 e. The Bertz CT molecular complexity index is 1110. The van der Waals surface area contributed by atoms with Crippen LogP contribution in [0.3, 0.4) is 0 Å². The second-order valence-corrected chi connectivity index (χ2v) is 6.76. The van der Waals surface area contributed by atoms with Crippen LogP contribution in [-0.4, -0.2) is 26.4 Å². The van der Waals surface area contributed by atoms with Crippen LogP contribution in [0.4, 0.5) is 0 Å². The fraction of sp³-hybridized carbons (Fsp3) is 0.261. The van der Waals surface area contributed by atoms with E-state index in [0.717, 1.165) is 5.57 Å². The van der Waals surface area contributed by atoms with E-state index in [4.69, 9.17) is 18.6 Å². The molecule has 6 nitrogen and oxygen atoms in total. The summed E-state index contributed by atoms with van der Waals surface area (Å²) in [7, 11) is 4.49. The molecule has 0 fully saturated rings. The summed E-state index contributed by atoms with van der Waals surface area (Å²) in [5.41, 5.74) is 2.16. The van der Waals surface area contributed by atoms with Crippen molar-refractivity contribution in [3.05, 3.63) is 58.3 Å². The van der Waals surface area contributed by atoms with Gasteiger partial charge < -0.3 is 23.7 Å². The van der Waals surface area contributed by atoms with Gasteiger partial charge in [0.15, 0.2) is 5.76 Å². The number of aryl methyl sites for hydroxylation is 1. The highest BCUT2D eigenvalue weighted by atomic mass is 16.5. The lowest BCUT2D eigenvalue weighted by molar-refractivity contribution is 0.392. The average Bonchev–Trinajstić information content (AvgIpc) is 2.72. The molecule has 0 radical (unpaired) electrons. The number of phenolic OH excluding ortho intramolecular Hbond substituents is 1. The van der Waals surface area contributed by atoms with E-state index in [2.05, 4.69) is 6.58 Å². The van der Waals surface area contributed by atoms with E-state index in [1.54, 1.807) is 31.4 Å². The topological polar surface area (TPSA) is 78.1 Å². The van der Waals surface area contributed by atoms with E-state index in [9.17, 15) is 9.90 Å². The lowest BCUT2D eigenvalue weighted by atomic mass is 10.0. The molecule has 0 aliphatic rings. The number of ether oxygens (including phenoxy) is 3. The minimum atomic E-state index is -0.448. The molecule has 1 heterocycles. The number of hydrogen-bond donors (Lipinski definition) is 1. The van der Waals surface area contributed by atoms with Gasteiger partial charge in [-0.25, -0.2) is 0 Å². The maximum absolute atomic E-state index is 13.2. The first-order valence-electron chi connectivity index (χ1n) is 9.13. The van der Waals surface area contributed by atoms with E-state index in [0.29, 0.717) is 35.5 Å². The first-order chi connectivity index (χ1) is 13.9. The highest BCUT2D eigenvalue weighted by Gasteiger charge is 2.23. The van der Waals surface area contributed by atoms with Crippen LogP contribution in [0.1, 0.15) is 18.9 Å². The third kappa shape index (κ3) is 3.78. The second kappa shape index (κ2) is 8.31. The van der Waals surface area contributed by atoms with Crippen molar-refractivity contribution in [1.82, 2.24) is 0 Å². The Morgan fingerprint density at radius 1 is 1.10 bits per heavy atom. The molecule has 152 valence electrons. The van der Waals surface area contributed by atoms with Crippen LogP contribution in [0.5, 0.6) is 23.0 Å². The molecule has 0 atom stereocenters. The number of hydrogen-bond acceptors (Lipinski definition) is 6. The second-order valence-electron chi connectivity index (χ2n) is 6.76. The third-order valence-corrected chi connectivity index (χ3v) is 4.74. The molecule has 1 N–H and O–H groups in total. The molecule has 3 aromatic rings. The molecule has 3 rings (SSSR count). The predicted octanol–water partition coefficient (Wildman–Crippen LogP) is 4.70. The van der Waals surface area contributed by atoms with Gasteiger partial charge in [0.05, 0.1) is 21.3 Å². The van der Waals surface area contributed by atoms with Gasteiger partial charge >= 0.3 is 0 Å². The molecule has 6 heteroatoms. The van der Waals surface area contributed by atoms with Crippen molar-refractivity contribution < 1.29 is 23.7 Å². The van der Waals surface area contributed by atoms with Crippen molar-refractivity contribution >= 4 is 11.0 Å². The van der Waals surface area contributed by atoms with Gasteiger partial charge in [-0.1, -0.05) is 5.57 Å². The van der Waals surface area contributed by atoms with Crippen LogP contribution in [0.15, 0.2) is 51.7 Å². The van der Waals surface area contributed by atoms with Gasteiger partial charge in [-0.15, -0.1) is 6.58 Å². The number of methoxy groups -OCH3 is 3. The van der Waals surface area contributed by atoms with Crippen LogP contribution >= 0.6 is 0 Å². The van der Waals surface area contributed by atoms with E-state index < -0.39 is 5.43 Å². The SMILES string of the molecule is C=C(C)CCc1c(OC)cc(O)c2c(=O)c(OC)c(-c3ccc(OC)cc3)oc12. The van der Waals surface area contributed by atoms with E-state index in [-0.39, 0.29) is 28.2 Å². The Balaban J connectivity index is 2.36. The van der Waals surface area contributed by atoms with Gasteiger partial charge in [0.2, 0.25) is 11.2 Å².